The molecule has 0 saturated heterocycles. The molecule has 0 aromatic carbocycles. The fourth-order valence-electron chi connectivity index (χ4n) is 1.35. The molecular weight excluding hydrogens is 284 g/mol. The molecular formula is C12H11BrN2O2. The molecule has 0 radical (unpaired) electrons. The second kappa shape index (κ2) is 5.63. The highest BCUT2D eigenvalue weighted by atomic mass is 79.9. The van der Waals surface area contributed by atoms with Crippen LogP contribution < -0.4 is 9.47 Å². The molecule has 2 aromatic rings. The summed E-state index contributed by atoms with van der Waals surface area (Å²) in [4.78, 5) is 8.12. The highest BCUT2D eigenvalue weighted by Crippen LogP contribution is 2.19. The fourth-order valence-corrected chi connectivity index (χ4v) is 1.69. The van der Waals surface area contributed by atoms with Crippen molar-refractivity contribution in [2.45, 2.75) is 6.61 Å². The lowest BCUT2D eigenvalue weighted by Crippen LogP contribution is -2.00. The van der Waals surface area contributed by atoms with Crippen LogP contribution in [0.4, 0.5) is 0 Å². The predicted octanol–water partition coefficient (Wildman–Crippen LogP) is 2.83. The zero-order valence-electron chi connectivity index (χ0n) is 9.26. The van der Waals surface area contributed by atoms with E-state index in [4.69, 9.17) is 9.47 Å². The molecule has 5 heteroatoms. The predicted molar refractivity (Wildman–Crippen MR) is 67.1 cm³/mol. The maximum absolute atomic E-state index is 5.60. The van der Waals surface area contributed by atoms with Crippen LogP contribution in [0, 0.1) is 0 Å². The number of nitrogens with zero attached hydrogens (tertiary/aromatic N) is 2. The molecule has 0 bridgehead atoms. The molecule has 0 aliphatic carbocycles. The number of pyridine rings is 2. The Bertz CT molecular complexity index is 505. The molecule has 4 nitrogen and oxygen atoms in total. The van der Waals surface area contributed by atoms with Gasteiger partial charge in [0.05, 0.1) is 18.9 Å². The minimum Gasteiger partial charge on any atom is -0.487 e. The molecule has 0 aliphatic heterocycles. The van der Waals surface area contributed by atoms with Crippen LogP contribution in [0.1, 0.15) is 5.56 Å². The Morgan fingerprint density at radius 1 is 1.35 bits per heavy atom. The van der Waals surface area contributed by atoms with E-state index >= 15 is 0 Å². The van der Waals surface area contributed by atoms with Crippen molar-refractivity contribution in [3.8, 4) is 11.6 Å². The largest absolute Gasteiger partial charge is 0.487 e. The summed E-state index contributed by atoms with van der Waals surface area (Å²) in [5.41, 5.74) is 0.898. The van der Waals surface area contributed by atoms with Crippen molar-refractivity contribution in [3.63, 3.8) is 0 Å². The molecule has 17 heavy (non-hydrogen) atoms. The highest BCUT2D eigenvalue weighted by Gasteiger charge is 2.04. The number of ether oxygens (including phenoxy) is 2. The Labute approximate surface area is 108 Å². The molecule has 88 valence electrons. The van der Waals surface area contributed by atoms with Crippen LogP contribution >= 0.6 is 15.9 Å². The van der Waals surface area contributed by atoms with Gasteiger partial charge in [-0.05, 0) is 34.1 Å². The van der Waals surface area contributed by atoms with Gasteiger partial charge in [0, 0.05) is 16.9 Å². The van der Waals surface area contributed by atoms with E-state index in [0.29, 0.717) is 18.2 Å². The first-order valence-electron chi connectivity index (χ1n) is 5.01. The molecule has 2 rings (SSSR count). The van der Waals surface area contributed by atoms with E-state index in [1.165, 1.54) is 0 Å². The van der Waals surface area contributed by atoms with E-state index in [2.05, 4.69) is 25.9 Å². The second-order valence-electron chi connectivity index (χ2n) is 3.30. The molecule has 0 amide bonds. The van der Waals surface area contributed by atoms with E-state index in [9.17, 15) is 0 Å². The van der Waals surface area contributed by atoms with Crippen LogP contribution in [0.2, 0.25) is 0 Å². The molecule has 2 aromatic heterocycles. The van der Waals surface area contributed by atoms with E-state index in [1.807, 2.05) is 18.2 Å². The minimum atomic E-state index is 0.398. The van der Waals surface area contributed by atoms with Gasteiger partial charge < -0.3 is 9.47 Å². The maximum Gasteiger partial charge on any atom is 0.219 e. The van der Waals surface area contributed by atoms with Gasteiger partial charge in [0.2, 0.25) is 5.88 Å². The van der Waals surface area contributed by atoms with Gasteiger partial charge in [0.1, 0.15) is 12.4 Å². The molecule has 0 aliphatic rings. The van der Waals surface area contributed by atoms with Gasteiger partial charge in [0.25, 0.3) is 0 Å². The first-order valence-corrected chi connectivity index (χ1v) is 5.80. The SMILES string of the molecule is COc1ncccc1COc1cncc(Br)c1. The van der Waals surface area contributed by atoms with Gasteiger partial charge in [-0.3, -0.25) is 4.98 Å². The van der Waals surface area contributed by atoms with Crippen molar-refractivity contribution >= 4 is 15.9 Å². The van der Waals surface area contributed by atoms with E-state index in [-0.39, 0.29) is 0 Å². The number of aromatic nitrogens is 2. The average Bonchev–Trinajstić information content (AvgIpc) is 2.37. The summed E-state index contributed by atoms with van der Waals surface area (Å²) in [6.07, 6.45) is 5.05. The van der Waals surface area contributed by atoms with Gasteiger partial charge in [-0.1, -0.05) is 0 Å². The van der Waals surface area contributed by atoms with Crippen molar-refractivity contribution < 1.29 is 9.47 Å². The standard InChI is InChI=1S/C12H11BrN2O2/c1-16-12-9(3-2-4-15-12)8-17-11-5-10(13)6-14-7-11/h2-7H,8H2,1H3. The Morgan fingerprint density at radius 3 is 3.00 bits per heavy atom. The highest BCUT2D eigenvalue weighted by molar-refractivity contribution is 9.10. The number of methoxy groups -OCH3 is 1. The number of rotatable bonds is 4. The molecule has 0 saturated carbocycles. The Morgan fingerprint density at radius 2 is 2.24 bits per heavy atom. The molecule has 0 spiro atoms. The van der Waals surface area contributed by atoms with Crippen molar-refractivity contribution in [1.82, 2.24) is 9.97 Å². The van der Waals surface area contributed by atoms with Crippen molar-refractivity contribution in [2.75, 3.05) is 7.11 Å². The lowest BCUT2D eigenvalue weighted by Gasteiger charge is -2.08. The lowest BCUT2D eigenvalue weighted by atomic mass is 10.3. The molecule has 2 heterocycles. The summed E-state index contributed by atoms with van der Waals surface area (Å²) in [7, 11) is 1.59. The molecule has 0 atom stereocenters. The third kappa shape index (κ3) is 3.17. The van der Waals surface area contributed by atoms with Crippen LogP contribution in [-0.4, -0.2) is 17.1 Å². The van der Waals surface area contributed by atoms with Crippen LogP contribution in [-0.2, 0) is 6.61 Å². The Kier molecular flexibility index (Phi) is 3.93. The number of halogens is 1. The molecule has 0 N–H and O–H groups in total. The maximum atomic E-state index is 5.60. The van der Waals surface area contributed by atoms with Crippen molar-refractivity contribution in [1.29, 1.82) is 0 Å². The van der Waals surface area contributed by atoms with Crippen LogP contribution in [0.5, 0.6) is 11.6 Å². The van der Waals surface area contributed by atoms with E-state index < -0.39 is 0 Å². The first kappa shape index (κ1) is 11.9. The Hall–Kier alpha value is -1.62. The Balaban J connectivity index is 2.07. The summed E-state index contributed by atoms with van der Waals surface area (Å²) in [5, 5.41) is 0. The van der Waals surface area contributed by atoms with Gasteiger partial charge >= 0.3 is 0 Å². The molecule has 0 fully saturated rings. The summed E-state index contributed by atoms with van der Waals surface area (Å²) in [5.74, 6) is 1.28. The zero-order chi connectivity index (χ0) is 12.1. The molecule has 0 unspecified atom stereocenters. The van der Waals surface area contributed by atoms with Gasteiger partial charge in [0.15, 0.2) is 0 Å². The topological polar surface area (TPSA) is 44.2 Å². The van der Waals surface area contributed by atoms with Crippen molar-refractivity contribution in [2.24, 2.45) is 0 Å². The minimum absolute atomic E-state index is 0.398. The van der Waals surface area contributed by atoms with Gasteiger partial charge in [-0.15, -0.1) is 0 Å². The monoisotopic (exact) mass is 294 g/mol. The second-order valence-corrected chi connectivity index (χ2v) is 4.22. The van der Waals surface area contributed by atoms with Crippen LogP contribution in [0.15, 0.2) is 41.3 Å². The zero-order valence-corrected chi connectivity index (χ0v) is 10.8. The summed E-state index contributed by atoms with van der Waals surface area (Å²) in [6, 6.07) is 5.62. The first-order chi connectivity index (χ1) is 8.29. The quantitative estimate of drug-likeness (QED) is 0.870. The average molecular weight is 295 g/mol. The van der Waals surface area contributed by atoms with Crippen LogP contribution in [0.25, 0.3) is 0 Å². The summed E-state index contributed by atoms with van der Waals surface area (Å²) in [6.45, 7) is 0.398. The number of hydrogen-bond donors (Lipinski definition) is 0. The van der Waals surface area contributed by atoms with Crippen LogP contribution in [0.3, 0.4) is 0 Å². The number of hydrogen-bond acceptors (Lipinski definition) is 4. The van der Waals surface area contributed by atoms with Gasteiger partial charge in [-0.25, -0.2) is 4.98 Å². The smallest absolute Gasteiger partial charge is 0.219 e. The van der Waals surface area contributed by atoms with Crippen molar-refractivity contribution in [3.05, 3.63) is 46.8 Å². The summed E-state index contributed by atoms with van der Waals surface area (Å²) >= 11 is 3.34. The third-order valence-corrected chi connectivity index (χ3v) is 2.55. The lowest BCUT2D eigenvalue weighted by molar-refractivity contribution is 0.292. The summed E-state index contributed by atoms with van der Waals surface area (Å²) < 4.78 is 11.6. The van der Waals surface area contributed by atoms with Gasteiger partial charge in [-0.2, -0.15) is 0 Å². The fraction of sp³-hybridized carbons (Fsp3) is 0.167. The third-order valence-electron chi connectivity index (χ3n) is 2.12. The van der Waals surface area contributed by atoms with E-state index in [0.717, 1.165) is 10.0 Å². The van der Waals surface area contributed by atoms with E-state index in [1.54, 1.807) is 25.7 Å². The normalized spacial score (nSPS) is 10.0.